The van der Waals surface area contributed by atoms with E-state index >= 15 is 0 Å². The van der Waals surface area contributed by atoms with Crippen LogP contribution in [0.3, 0.4) is 0 Å². The van der Waals surface area contributed by atoms with Gasteiger partial charge in [0, 0.05) is 0 Å². The standard InChI is InChI=1S/C79H58Si2/c1-80(2)71-45-17-13-39-65(71)78(66-40-14-18-46-72(66)80)63-37-11-7-31-59(63)75-55(33-23-43-69(75)78)51-25-21-27-53(49-51)77(61-35-9-5-29-57(61)58-30-6-10-36-62(58)77)54-28-22-26-52(50-54)56-34-24-44-70-76(56)60-32-8-12-38-64(60)79(70)67-41-15-19-47-73(67)81(3,4)74-48-20-16-42-68(74)79/h5-50H,1-4H3. The Kier molecular flexibility index (Phi) is 9.61. The molecule has 382 valence electrons. The van der Waals surface area contributed by atoms with Gasteiger partial charge >= 0.3 is 0 Å². The van der Waals surface area contributed by atoms with Gasteiger partial charge in [-0.3, -0.25) is 0 Å². The molecule has 0 saturated heterocycles. The monoisotopic (exact) mass is 1060 g/mol. The Bertz CT molecular complexity index is 4290. The highest BCUT2D eigenvalue weighted by molar-refractivity contribution is 7.02. The highest BCUT2D eigenvalue weighted by atomic mass is 28.3. The minimum atomic E-state index is -2.05. The van der Waals surface area contributed by atoms with E-state index in [2.05, 4.69) is 305 Å². The third kappa shape index (κ3) is 5.74. The second kappa shape index (κ2) is 16.6. The molecule has 12 aromatic carbocycles. The van der Waals surface area contributed by atoms with Crippen LogP contribution < -0.4 is 20.7 Å². The summed E-state index contributed by atoms with van der Waals surface area (Å²) < 4.78 is 0. The van der Waals surface area contributed by atoms with E-state index in [1.54, 1.807) is 0 Å². The van der Waals surface area contributed by atoms with Gasteiger partial charge < -0.3 is 0 Å². The predicted molar refractivity (Wildman–Crippen MR) is 343 cm³/mol. The third-order valence-corrected chi connectivity index (χ3v) is 27.5. The number of hydrogen-bond acceptors (Lipinski definition) is 0. The topological polar surface area (TPSA) is 0 Å². The van der Waals surface area contributed by atoms with Crippen molar-refractivity contribution in [2.24, 2.45) is 0 Å². The summed E-state index contributed by atoms with van der Waals surface area (Å²) >= 11 is 0. The average Bonchev–Trinajstić information content (AvgIpc) is 1.95. The van der Waals surface area contributed by atoms with Gasteiger partial charge in [-0.1, -0.05) is 293 Å². The fraction of sp³-hybridized carbons (Fsp3) is 0.0886. The van der Waals surface area contributed by atoms with E-state index in [1.807, 2.05) is 0 Å². The first-order valence-corrected chi connectivity index (χ1v) is 35.0. The number of fused-ring (bicyclic) bond motifs is 21. The Labute approximate surface area is 477 Å². The Morgan fingerprint density at radius 1 is 0.210 bits per heavy atom. The van der Waals surface area contributed by atoms with Crippen molar-refractivity contribution in [2.75, 3.05) is 0 Å². The maximum atomic E-state index is 2.55. The number of rotatable bonds is 4. The summed E-state index contributed by atoms with van der Waals surface area (Å²) in [5.41, 5.74) is 27.8. The normalized spacial score (nSPS) is 16.4. The van der Waals surface area contributed by atoms with Gasteiger partial charge in [0.2, 0.25) is 0 Å². The van der Waals surface area contributed by atoms with E-state index < -0.39 is 32.4 Å². The summed E-state index contributed by atoms with van der Waals surface area (Å²) in [6.45, 7) is 10.2. The van der Waals surface area contributed by atoms with E-state index in [-0.39, 0.29) is 0 Å². The Balaban J connectivity index is 0.897. The zero-order chi connectivity index (χ0) is 54.0. The molecule has 0 radical (unpaired) electrons. The first-order chi connectivity index (χ1) is 39.7. The molecule has 2 heterocycles. The molecule has 17 rings (SSSR count). The molecule has 0 fully saturated rings. The molecule has 3 aliphatic carbocycles. The lowest BCUT2D eigenvalue weighted by atomic mass is 9.66. The summed E-state index contributed by atoms with van der Waals surface area (Å²) in [5, 5.41) is 6.11. The molecular formula is C79H58Si2. The van der Waals surface area contributed by atoms with Crippen molar-refractivity contribution in [2.45, 2.75) is 42.4 Å². The van der Waals surface area contributed by atoms with Gasteiger partial charge in [0.15, 0.2) is 0 Å². The van der Waals surface area contributed by atoms with Crippen molar-refractivity contribution < 1.29 is 0 Å². The lowest BCUT2D eigenvalue weighted by Gasteiger charge is -2.45. The van der Waals surface area contributed by atoms with Crippen molar-refractivity contribution >= 4 is 36.9 Å². The van der Waals surface area contributed by atoms with Gasteiger partial charge in [0.05, 0.1) is 16.2 Å². The van der Waals surface area contributed by atoms with Gasteiger partial charge in [-0.2, -0.15) is 0 Å². The van der Waals surface area contributed by atoms with Crippen molar-refractivity contribution in [3.8, 4) is 55.6 Å². The van der Waals surface area contributed by atoms with Crippen LogP contribution >= 0.6 is 0 Å². The van der Waals surface area contributed by atoms with Crippen LogP contribution in [-0.4, -0.2) is 16.1 Å². The minimum Gasteiger partial charge on any atom is -0.0623 e. The first-order valence-electron chi connectivity index (χ1n) is 29.0. The highest BCUT2D eigenvalue weighted by Gasteiger charge is 2.56. The molecule has 5 aliphatic rings. The lowest BCUT2D eigenvalue weighted by Crippen LogP contribution is -2.63. The van der Waals surface area contributed by atoms with Gasteiger partial charge in [0.25, 0.3) is 0 Å². The van der Waals surface area contributed by atoms with Crippen LogP contribution in [0.1, 0.15) is 66.8 Å². The number of hydrogen-bond donors (Lipinski definition) is 0. The second-order valence-corrected chi connectivity index (χ2v) is 33.1. The molecule has 0 atom stereocenters. The van der Waals surface area contributed by atoms with Gasteiger partial charge in [-0.05, 0) is 155 Å². The largest absolute Gasteiger partial charge is 0.113 e. The lowest BCUT2D eigenvalue weighted by molar-refractivity contribution is 0.769. The zero-order valence-corrected chi connectivity index (χ0v) is 48.1. The third-order valence-electron chi connectivity index (χ3n) is 20.3. The van der Waals surface area contributed by atoms with Crippen LogP contribution in [0.25, 0.3) is 55.6 Å². The molecule has 2 spiro atoms. The molecule has 12 aromatic rings. The Hall–Kier alpha value is -8.93. The molecule has 0 nitrogen and oxygen atoms in total. The van der Waals surface area contributed by atoms with Crippen molar-refractivity contribution in [1.29, 1.82) is 0 Å². The summed E-state index contributed by atoms with van der Waals surface area (Å²) in [5.74, 6) is 0. The quantitative estimate of drug-likeness (QED) is 0.154. The Morgan fingerprint density at radius 2 is 0.469 bits per heavy atom. The van der Waals surface area contributed by atoms with Crippen LogP contribution in [-0.2, 0) is 16.2 Å². The van der Waals surface area contributed by atoms with Crippen LogP contribution in [0.4, 0.5) is 0 Å². The van der Waals surface area contributed by atoms with E-state index in [0.29, 0.717) is 0 Å². The molecule has 0 N–H and O–H groups in total. The van der Waals surface area contributed by atoms with Crippen molar-refractivity contribution in [1.82, 2.24) is 0 Å². The zero-order valence-electron chi connectivity index (χ0n) is 46.1. The number of benzene rings is 12. The van der Waals surface area contributed by atoms with E-state index in [9.17, 15) is 0 Å². The maximum absolute atomic E-state index is 2.55. The smallest absolute Gasteiger partial charge is 0.0623 e. The first kappa shape index (κ1) is 46.9. The molecule has 0 amide bonds. The molecule has 2 aliphatic heterocycles. The van der Waals surface area contributed by atoms with Crippen LogP contribution in [0.15, 0.2) is 279 Å². The van der Waals surface area contributed by atoms with E-state index in [0.717, 1.165) is 0 Å². The second-order valence-electron chi connectivity index (χ2n) is 24.5. The maximum Gasteiger partial charge on any atom is 0.113 e. The minimum absolute atomic E-state index is 0.444. The molecule has 0 saturated carbocycles. The van der Waals surface area contributed by atoms with Gasteiger partial charge in [-0.25, -0.2) is 0 Å². The Morgan fingerprint density at radius 3 is 0.827 bits per heavy atom. The van der Waals surface area contributed by atoms with Gasteiger partial charge in [-0.15, -0.1) is 0 Å². The highest BCUT2D eigenvalue weighted by Crippen LogP contribution is 2.62. The van der Waals surface area contributed by atoms with E-state index in [1.165, 1.54) is 143 Å². The fourth-order valence-corrected chi connectivity index (χ4v) is 23.6. The molecule has 0 aromatic heterocycles. The van der Waals surface area contributed by atoms with Crippen molar-refractivity contribution in [3.63, 3.8) is 0 Å². The fourth-order valence-electron chi connectivity index (χ4n) is 17.2. The summed E-state index contributed by atoms with van der Waals surface area (Å²) in [6, 6.07) is 108. The molecule has 0 bridgehead atoms. The van der Waals surface area contributed by atoms with Gasteiger partial charge in [0.1, 0.15) is 16.1 Å². The molecule has 2 heteroatoms. The van der Waals surface area contributed by atoms with Crippen molar-refractivity contribution in [3.05, 3.63) is 346 Å². The molecular weight excluding hydrogens is 1010 g/mol. The van der Waals surface area contributed by atoms with E-state index in [4.69, 9.17) is 0 Å². The van der Waals surface area contributed by atoms with Crippen LogP contribution in [0.2, 0.25) is 26.2 Å². The summed E-state index contributed by atoms with van der Waals surface area (Å²) in [6.07, 6.45) is 0. The summed E-state index contributed by atoms with van der Waals surface area (Å²) in [4.78, 5) is 0. The predicted octanol–water partition coefficient (Wildman–Crippen LogP) is 16.4. The average molecular weight is 1060 g/mol. The van der Waals surface area contributed by atoms with Crippen LogP contribution in [0, 0.1) is 0 Å². The SMILES string of the molecule is C[Si]1(C)c2ccccc2C2(c3ccccc3-c3c(-c4cccc(C5(c6cccc(-c7cccc8c7-c7ccccc7C87c8ccccc8[Si](C)(C)c8ccccc87)c6)c6ccccc6-c6ccccc65)c4)cccc32)c2ccccc21. The van der Waals surface area contributed by atoms with Crippen LogP contribution in [0.5, 0.6) is 0 Å². The molecule has 81 heavy (non-hydrogen) atoms. The molecule has 0 unspecified atom stereocenters. The summed E-state index contributed by atoms with van der Waals surface area (Å²) in [7, 11) is -4.10.